The Morgan fingerprint density at radius 2 is 2.33 bits per heavy atom. The molecule has 0 radical (unpaired) electrons. The number of benzene rings is 1. The summed E-state index contributed by atoms with van der Waals surface area (Å²) in [5.41, 5.74) is 1.88. The van der Waals surface area contributed by atoms with Crippen LogP contribution in [0.3, 0.4) is 0 Å². The van der Waals surface area contributed by atoms with Gasteiger partial charge in [0.1, 0.15) is 5.82 Å². The average Bonchev–Trinajstić information content (AvgIpc) is 2.87. The van der Waals surface area contributed by atoms with Gasteiger partial charge in [0, 0.05) is 5.38 Å². The molecule has 0 fully saturated rings. The molecule has 6 heteroatoms. The van der Waals surface area contributed by atoms with E-state index in [-0.39, 0.29) is 11.1 Å². The van der Waals surface area contributed by atoms with Gasteiger partial charge in [0.2, 0.25) is 0 Å². The van der Waals surface area contributed by atoms with Crippen LogP contribution in [0.1, 0.15) is 24.2 Å². The summed E-state index contributed by atoms with van der Waals surface area (Å²) in [5, 5.41) is 9.47. The molecule has 0 saturated carbocycles. The van der Waals surface area contributed by atoms with Crippen molar-refractivity contribution in [1.29, 1.82) is 0 Å². The Morgan fingerprint density at radius 3 is 2.94 bits per heavy atom. The number of hydrogen-bond donors (Lipinski definition) is 1. The predicted molar refractivity (Wildman–Crippen MR) is 71.4 cm³/mol. The van der Waals surface area contributed by atoms with Gasteiger partial charge in [-0.15, -0.1) is 5.10 Å². The summed E-state index contributed by atoms with van der Waals surface area (Å²) >= 11 is 7.10. The molecule has 0 saturated heterocycles. The van der Waals surface area contributed by atoms with Crippen LogP contribution in [0.2, 0.25) is 5.02 Å². The smallest absolute Gasteiger partial charge is 0.141 e. The van der Waals surface area contributed by atoms with Crippen molar-refractivity contribution < 1.29 is 4.39 Å². The molecule has 1 N–H and O–H groups in total. The van der Waals surface area contributed by atoms with Gasteiger partial charge in [-0.2, -0.15) is 0 Å². The van der Waals surface area contributed by atoms with Crippen LogP contribution in [0, 0.1) is 5.82 Å². The van der Waals surface area contributed by atoms with Gasteiger partial charge >= 0.3 is 0 Å². The molecule has 1 heterocycles. The van der Waals surface area contributed by atoms with Crippen LogP contribution in [-0.4, -0.2) is 16.1 Å². The number of halogens is 2. The fraction of sp³-hybridized carbons (Fsp3) is 0.333. The number of nitrogens with one attached hydrogen (secondary N) is 1. The fourth-order valence-corrected chi connectivity index (χ4v) is 2.46. The largest absolute Gasteiger partial charge is 0.309 e. The Bertz CT molecular complexity index is 504. The van der Waals surface area contributed by atoms with Crippen molar-refractivity contribution in [2.24, 2.45) is 0 Å². The highest BCUT2D eigenvalue weighted by atomic mass is 35.5. The molecule has 0 amide bonds. The quantitative estimate of drug-likeness (QED) is 0.916. The van der Waals surface area contributed by atoms with Crippen molar-refractivity contribution in [3.8, 4) is 0 Å². The molecule has 1 atom stereocenters. The van der Waals surface area contributed by atoms with Gasteiger partial charge < -0.3 is 5.32 Å². The van der Waals surface area contributed by atoms with Crippen molar-refractivity contribution in [3.05, 3.63) is 45.7 Å². The van der Waals surface area contributed by atoms with Gasteiger partial charge in [0.05, 0.1) is 16.8 Å². The van der Waals surface area contributed by atoms with E-state index in [2.05, 4.69) is 14.9 Å². The summed E-state index contributed by atoms with van der Waals surface area (Å²) < 4.78 is 17.0. The van der Waals surface area contributed by atoms with Crippen molar-refractivity contribution in [3.63, 3.8) is 0 Å². The number of likely N-dealkylation sites (N-methyl/N-ethyl adjacent to an activating group) is 1. The van der Waals surface area contributed by atoms with Crippen molar-refractivity contribution >= 4 is 23.1 Å². The second-order valence-corrected chi connectivity index (χ2v) is 4.91. The van der Waals surface area contributed by atoms with Crippen LogP contribution in [0.5, 0.6) is 0 Å². The number of nitrogens with zero attached hydrogens (tertiary/aromatic N) is 2. The minimum Gasteiger partial charge on any atom is -0.309 e. The Kier molecular flexibility index (Phi) is 4.63. The Balaban J connectivity index is 2.16. The van der Waals surface area contributed by atoms with Gasteiger partial charge in [-0.3, -0.25) is 0 Å². The lowest BCUT2D eigenvalue weighted by Gasteiger charge is -2.15. The highest BCUT2D eigenvalue weighted by Gasteiger charge is 2.14. The second kappa shape index (κ2) is 6.22. The standard InChI is InChI=1S/C12H13ClFN3S/c1-2-15-11(12-7-18-17-16-12)6-8-3-4-10(14)9(13)5-8/h3-5,7,11,15H,2,6H2,1H3. The first-order valence-electron chi connectivity index (χ1n) is 5.65. The van der Waals surface area contributed by atoms with E-state index in [1.54, 1.807) is 12.1 Å². The molecule has 1 unspecified atom stereocenters. The van der Waals surface area contributed by atoms with Crippen LogP contribution in [0.4, 0.5) is 4.39 Å². The van der Waals surface area contributed by atoms with Crippen LogP contribution >= 0.6 is 23.1 Å². The van der Waals surface area contributed by atoms with E-state index in [0.29, 0.717) is 6.42 Å². The van der Waals surface area contributed by atoms with Crippen molar-refractivity contribution in [2.45, 2.75) is 19.4 Å². The molecule has 0 aliphatic carbocycles. The third kappa shape index (κ3) is 3.25. The molecule has 1 aromatic carbocycles. The predicted octanol–water partition coefficient (Wildman–Crippen LogP) is 3.22. The SMILES string of the molecule is CCNC(Cc1ccc(F)c(Cl)c1)c1csnn1. The molecule has 3 nitrogen and oxygen atoms in total. The molecule has 96 valence electrons. The average molecular weight is 286 g/mol. The summed E-state index contributed by atoms with van der Waals surface area (Å²) in [6.07, 6.45) is 0.708. The van der Waals surface area contributed by atoms with Crippen LogP contribution in [-0.2, 0) is 6.42 Å². The van der Waals surface area contributed by atoms with E-state index in [9.17, 15) is 4.39 Å². The molecular formula is C12H13ClFN3S. The zero-order chi connectivity index (χ0) is 13.0. The van der Waals surface area contributed by atoms with Crippen molar-refractivity contribution in [2.75, 3.05) is 6.54 Å². The molecule has 0 aliphatic rings. The van der Waals surface area contributed by atoms with Gasteiger partial charge in [-0.05, 0) is 42.2 Å². The maximum absolute atomic E-state index is 13.1. The lowest BCUT2D eigenvalue weighted by atomic mass is 10.0. The normalized spacial score (nSPS) is 12.6. The maximum Gasteiger partial charge on any atom is 0.141 e. The number of aromatic nitrogens is 2. The molecule has 0 aliphatic heterocycles. The van der Waals surface area contributed by atoms with E-state index < -0.39 is 5.82 Å². The van der Waals surface area contributed by atoms with Gasteiger partial charge in [-0.25, -0.2) is 4.39 Å². The summed E-state index contributed by atoms with van der Waals surface area (Å²) in [7, 11) is 0. The highest BCUT2D eigenvalue weighted by Crippen LogP contribution is 2.21. The zero-order valence-electron chi connectivity index (χ0n) is 9.86. The first-order valence-corrected chi connectivity index (χ1v) is 6.86. The summed E-state index contributed by atoms with van der Waals surface area (Å²) in [5.74, 6) is -0.393. The first kappa shape index (κ1) is 13.4. The van der Waals surface area contributed by atoms with Crippen LogP contribution in [0.15, 0.2) is 23.6 Å². The van der Waals surface area contributed by atoms with E-state index >= 15 is 0 Å². The highest BCUT2D eigenvalue weighted by molar-refractivity contribution is 7.03. The van der Waals surface area contributed by atoms with Gasteiger partial charge in [-0.1, -0.05) is 29.1 Å². The number of rotatable bonds is 5. The van der Waals surface area contributed by atoms with Crippen LogP contribution in [0.25, 0.3) is 0 Å². The molecule has 0 spiro atoms. The van der Waals surface area contributed by atoms with E-state index in [1.807, 2.05) is 12.3 Å². The van der Waals surface area contributed by atoms with E-state index in [0.717, 1.165) is 17.8 Å². The Hall–Kier alpha value is -1.04. The lowest BCUT2D eigenvalue weighted by Crippen LogP contribution is -2.23. The lowest BCUT2D eigenvalue weighted by molar-refractivity contribution is 0.534. The number of hydrogen-bond acceptors (Lipinski definition) is 4. The molecular weight excluding hydrogens is 273 g/mol. The van der Waals surface area contributed by atoms with Crippen molar-refractivity contribution in [1.82, 2.24) is 14.9 Å². The summed E-state index contributed by atoms with van der Waals surface area (Å²) in [6, 6.07) is 4.86. The topological polar surface area (TPSA) is 37.8 Å². The second-order valence-electron chi connectivity index (χ2n) is 3.89. The Labute approximate surface area is 114 Å². The molecule has 2 aromatic rings. The van der Waals surface area contributed by atoms with Crippen LogP contribution < -0.4 is 5.32 Å². The molecule has 18 heavy (non-hydrogen) atoms. The summed E-state index contributed by atoms with van der Waals surface area (Å²) in [6.45, 7) is 2.86. The molecule has 0 bridgehead atoms. The monoisotopic (exact) mass is 285 g/mol. The third-order valence-electron chi connectivity index (χ3n) is 2.61. The zero-order valence-corrected chi connectivity index (χ0v) is 11.4. The third-order valence-corrected chi connectivity index (χ3v) is 3.42. The Morgan fingerprint density at radius 1 is 1.50 bits per heavy atom. The summed E-state index contributed by atoms with van der Waals surface area (Å²) in [4.78, 5) is 0. The minimum absolute atomic E-state index is 0.0790. The fourth-order valence-electron chi connectivity index (χ4n) is 1.75. The van der Waals surface area contributed by atoms with E-state index in [1.165, 1.54) is 17.6 Å². The van der Waals surface area contributed by atoms with E-state index in [4.69, 9.17) is 11.6 Å². The van der Waals surface area contributed by atoms with Gasteiger partial charge in [0.15, 0.2) is 0 Å². The maximum atomic E-state index is 13.1. The molecule has 1 aromatic heterocycles. The molecule has 2 rings (SSSR count). The minimum atomic E-state index is -0.393. The van der Waals surface area contributed by atoms with Gasteiger partial charge in [0.25, 0.3) is 0 Å². The first-order chi connectivity index (χ1) is 8.70.